The van der Waals surface area contributed by atoms with Crippen LogP contribution in [0.25, 0.3) is 0 Å². The predicted octanol–water partition coefficient (Wildman–Crippen LogP) is 4.08. The molecule has 5 heteroatoms. The molecule has 1 atom stereocenters. The number of carbonyl (C=O) groups is 2. The molecule has 3 rings (SSSR count). The quantitative estimate of drug-likeness (QED) is 0.867. The van der Waals surface area contributed by atoms with Gasteiger partial charge in [-0.05, 0) is 69.2 Å². The van der Waals surface area contributed by atoms with Crippen LogP contribution in [-0.4, -0.2) is 24.5 Å². The highest BCUT2D eigenvalue weighted by molar-refractivity contribution is 6.03. The number of hydrogen-bond acceptors (Lipinski definition) is 3. The molecule has 1 unspecified atom stereocenters. The Morgan fingerprint density at radius 1 is 1.15 bits per heavy atom. The fourth-order valence-corrected chi connectivity index (χ4v) is 3.23. The Hall–Kier alpha value is -2.82. The van der Waals surface area contributed by atoms with Crippen LogP contribution in [0, 0.1) is 19.8 Å². The van der Waals surface area contributed by atoms with Gasteiger partial charge in [-0.15, -0.1) is 0 Å². The van der Waals surface area contributed by atoms with Gasteiger partial charge in [-0.2, -0.15) is 0 Å². The van der Waals surface area contributed by atoms with E-state index < -0.39 is 0 Å². The van der Waals surface area contributed by atoms with E-state index in [0.29, 0.717) is 6.54 Å². The monoisotopic (exact) mass is 366 g/mol. The third kappa shape index (κ3) is 4.30. The van der Waals surface area contributed by atoms with Crippen LogP contribution in [0.5, 0.6) is 5.75 Å². The van der Waals surface area contributed by atoms with Crippen molar-refractivity contribution in [1.82, 2.24) is 0 Å². The Balaban J connectivity index is 1.67. The average molecular weight is 366 g/mol. The zero-order valence-corrected chi connectivity index (χ0v) is 16.3. The van der Waals surface area contributed by atoms with Crippen LogP contribution >= 0.6 is 0 Å². The summed E-state index contributed by atoms with van der Waals surface area (Å²) in [7, 11) is 0. The molecule has 1 heterocycles. The number of nitrogens with one attached hydrogen (secondary N) is 1. The van der Waals surface area contributed by atoms with Crippen molar-refractivity contribution >= 4 is 23.2 Å². The minimum absolute atomic E-state index is 0.0337. The molecule has 2 aromatic rings. The number of rotatable bonds is 5. The van der Waals surface area contributed by atoms with Gasteiger partial charge in [0, 0.05) is 24.3 Å². The predicted molar refractivity (Wildman–Crippen MR) is 107 cm³/mol. The number of ether oxygens (including phenoxy) is 1. The van der Waals surface area contributed by atoms with Crippen molar-refractivity contribution in [2.75, 3.05) is 16.8 Å². The lowest BCUT2D eigenvalue weighted by atomic mass is 10.1. The van der Waals surface area contributed by atoms with Crippen molar-refractivity contribution in [3.63, 3.8) is 0 Å². The molecule has 0 saturated carbocycles. The van der Waals surface area contributed by atoms with Crippen molar-refractivity contribution in [1.29, 1.82) is 0 Å². The molecule has 5 nitrogen and oxygen atoms in total. The summed E-state index contributed by atoms with van der Waals surface area (Å²) >= 11 is 0. The van der Waals surface area contributed by atoms with E-state index >= 15 is 0 Å². The standard InChI is InChI=1S/C22H26N2O3/c1-14(2)27-19-10-8-18(9-11-19)24-13-17(12-21(24)25)22(26)23-20-7-5-6-15(3)16(20)4/h5-11,14,17H,12-13H2,1-4H3,(H,23,26). The third-order valence-electron chi connectivity index (χ3n) is 4.88. The van der Waals surface area contributed by atoms with Crippen LogP contribution in [0.2, 0.25) is 0 Å². The summed E-state index contributed by atoms with van der Waals surface area (Å²) in [5.74, 6) is 0.265. The maximum Gasteiger partial charge on any atom is 0.229 e. The second kappa shape index (κ2) is 7.82. The smallest absolute Gasteiger partial charge is 0.229 e. The minimum atomic E-state index is -0.357. The van der Waals surface area contributed by atoms with Crippen LogP contribution in [0.1, 0.15) is 31.4 Å². The number of anilines is 2. The summed E-state index contributed by atoms with van der Waals surface area (Å²) in [5, 5.41) is 2.98. The van der Waals surface area contributed by atoms with Gasteiger partial charge in [0.25, 0.3) is 0 Å². The number of benzene rings is 2. The first-order chi connectivity index (χ1) is 12.8. The second-order valence-corrected chi connectivity index (χ2v) is 7.30. The Morgan fingerprint density at radius 3 is 2.52 bits per heavy atom. The van der Waals surface area contributed by atoms with Crippen LogP contribution in [0.4, 0.5) is 11.4 Å². The topological polar surface area (TPSA) is 58.6 Å². The molecule has 0 aromatic heterocycles. The van der Waals surface area contributed by atoms with Gasteiger partial charge in [0.05, 0.1) is 12.0 Å². The van der Waals surface area contributed by atoms with E-state index in [1.54, 1.807) is 4.90 Å². The Bertz CT molecular complexity index is 843. The molecule has 1 saturated heterocycles. The summed E-state index contributed by atoms with van der Waals surface area (Å²) < 4.78 is 5.64. The first kappa shape index (κ1) is 19.0. The van der Waals surface area contributed by atoms with Crippen LogP contribution in [-0.2, 0) is 9.59 Å². The molecule has 0 bridgehead atoms. The van der Waals surface area contributed by atoms with Gasteiger partial charge in [-0.25, -0.2) is 0 Å². The van der Waals surface area contributed by atoms with Crippen LogP contribution < -0.4 is 15.0 Å². The van der Waals surface area contributed by atoms with Gasteiger partial charge < -0.3 is 15.0 Å². The summed E-state index contributed by atoms with van der Waals surface area (Å²) in [6.45, 7) is 8.32. The third-order valence-corrected chi connectivity index (χ3v) is 4.88. The minimum Gasteiger partial charge on any atom is -0.491 e. The highest BCUT2D eigenvalue weighted by atomic mass is 16.5. The van der Waals surface area contributed by atoms with Gasteiger partial charge in [0.1, 0.15) is 5.75 Å². The summed E-state index contributed by atoms with van der Waals surface area (Å²) in [6.07, 6.45) is 0.323. The van der Waals surface area contributed by atoms with Crippen molar-refractivity contribution in [3.8, 4) is 5.75 Å². The Labute approximate surface area is 160 Å². The molecule has 1 fully saturated rings. The van der Waals surface area contributed by atoms with E-state index in [0.717, 1.165) is 28.3 Å². The van der Waals surface area contributed by atoms with Gasteiger partial charge in [0.15, 0.2) is 0 Å². The van der Waals surface area contributed by atoms with E-state index in [9.17, 15) is 9.59 Å². The molecule has 2 amide bonds. The lowest BCUT2D eigenvalue weighted by molar-refractivity contribution is -0.122. The number of aryl methyl sites for hydroxylation is 1. The molecule has 142 valence electrons. The largest absolute Gasteiger partial charge is 0.491 e. The van der Waals surface area contributed by atoms with Gasteiger partial charge in [-0.1, -0.05) is 12.1 Å². The molecule has 2 aromatic carbocycles. The second-order valence-electron chi connectivity index (χ2n) is 7.30. The first-order valence-corrected chi connectivity index (χ1v) is 9.29. The van der Waals surface area contributed by atoms with Crippen LogP contribution in [0.15, 0.2) is 42.5 Å². The molecular formula is C22H26N2O3. The molecule has 1 aliphatic heterocycles. The van der Waals surface area contributed by atoms with Crippen molar-refractivity contribution in [2.24, 2.45) is 5.92 Å². The van der Waals surface area contributed by atoms with Gasteiger partial charge in [0.2, 0.25) is 11.8 Å². The number of amides is 2. The molecule has 0 radical (unpaired) electrons. The average Bonchev–Trinajstić information content (AvgIpc) is 3.01. The van der Waals surface area contributed by atoms with Crippen molar-refractivity contribution < 1.29 is 14.3 Å². The lowest BCUT2D eigenvalue weighted by Gasteiger charge is -2.18. The fraction of sp³-hybridized carbons (Fsp3) is 0.364. The first-order valence-electron chi connectivity index (χ1n) is 9.29. The molecule has 0 aliphatic carbocycles. The van der Waals surface area contributed by atoms with Gasteiger partial charge >= 0.3 is 0 Å². The Morgan fingerprint density at radius 2 is 1.85 bits per heavy atom. The van der Waals surface area contributed by atoms with Crippen molar-refractivity contribution in [2.45, 2.75) is 40.2 Å². The fourth-order valence-electron chi connectivity index (χ4n) is 3.23. The van der Waals surface area contributed by atoms with Crippen molar-refractivity contribution in [3.05, 3.63) is 53.6 Å². The van der Waals surface area contributed by atoms with E-state index in [4.69, 9.17) is 4.74 Å². The van der Waals surface area contributed by atoms with E-state index in [1.807, 2.05) is 70.2 Å². The zero-order valence-electron chi connectivity index (χ0n) is 16.3. The van der Waals surface area contributed by atoms with E-state index in [2.05, 4.69) is 5.32 Å². The number of hydrogen-bond donors (Lipinski definition) is 1. The Kier molecular flexibility index (Phi) is 5.49. The SMILES string of the molecule is Cc1cccc(NC(=O)C2CC(=O)N(c3ccc(OC(C)C)cc3)C2)c1C. The highest BCUT2D eigenvalue weighted by Crippen LogP contribution is 2.28. The number of carbonyl (C=O) groups excluding carboxylic acids is 2. The summed E-state index contributed by atoms with van der Waals surface area (Å²) in [6, 6.07) is 13.3. The zero-order chi connectivity index (χ0) is 19.6. The maximum atomic E-state index is 12.7. The molecule has 1 aliphatic rings. The maximum absolute atomic E-state index is 12.7. The summed E-state index contributed by atoms with van der Waals surface area (Å²) in [4.78, 5) is 26.8. The normalized spacial score (nSPS) is 16.7. The van der Waals surface area contributed by atoms with E-state index in [1.165, 1.54) is 0 Å². The lowest BCUT2D eigenvalue weighted by Crippen LogP contribution is -2.28. The van der Waals surface area contributed by atoms with Gasteiger partial charge in [-0.3, -0.25) is 9.59 Å². The van der Waals surface area contributed by atoms with E-state index in [-0.39, 0.29) is 30.3 Å². The van der Waals surface area contributed by atoms with Crippen LogP contribution in [0.3, 0.4) is 0 Å². The molecular weight excluding hydrogens is 340 g/mol. The number of nitrogens with zero attached hydrogens (tertiary/aromatic N) is 1. The highest BCUT2D eigenvalue weighted by Gasteiger charge is 2.35. The molecule has 27 heavy (non-hydrogen) atoms. The molecule has 1 N–H and O–H groups in total. The molecule has 0 spiro atoms. The summed E-state index contributed by atoms with van der Waals surface area (Å²) in [5.41, 5.74) is 3.77.